The fourth-order valence-corrected chi connectivity index (χ4v) is 4.83. The van der Waals surface area contributed by atoms with Gasteiger partial charge in [-0.1, -0.05) is 27.7 Å². The molecule has 0 saturated carbocycles. The number of carbonyl (C=O) groups is 1. The molecule has 154 valence electrons. The van der Waals surface area contributed by atoms with Crippen LogP contribution in [-0.4, -0.2) is 32.7 Å². The van der Waals surface area contributed by atoms with E-state index in [4.69, 9.17) is 0 Å². The van der Waals surface area contributed by atoms with Crippen molar-refractivity contribution >= 4 is 55.9 Å². The minimum Gasteiger partial charge on any atom is -0.311 e. The molecule has 0 saturated heterocycles. The molecule has 0 bridgehead atoms. The molecule has 1 aromatic heterocycles. The van der Waals surface area contributed by atoms with E-state index >= 15 is 0 Å². The Hall–Kier alpha value is -2.72. The largest absolute Gasteiger partial charge is 0.311 e. The van der Waals surface area contributed by atoms with Crippen molar-refractivity contribution < 1.29 is 9.72 Å². The van der Waals surface area contributed by atoms with Crippen LogP contribution in [0, 0.1) is 10.1 Å². The number of halogens is 1. The van der Waals surface area contributed by atoms with Crippen LogP contribution < -0.4 is 10.5 Å². The quantitative estimate of drug-likeness (QED) is 0.234. The van der Waals surface area contributed by atoms with Gasteiger partial charge in [-0.05, 0) is 43.2 Å². The average molecular weight is 489 g/mol. The van der Waals surface area contributed by atoms with E-state index in [2.05, 4.69) is 20.9 Å². The fraction of sp³-hybridized carbons (Fsp3) is 0.250. The molecule has 4 rings (SSSR count). The molecule has 10 heteroatoms. The van der Waals surface area contributed by atoms with Crippen LogP contribution in [0.25, 0.3) is 10.9 Å². The first kappa shape index (κ1) is 20.5. The third kappa shape index (κ3) is 3.72. The first-order valence-corrected chi connectivity index (χ1v) is 11.1. The maximum atomic E-state index is 12.8. The lowest BCUT2D eigenvalue weighted by molar-refractivity contribution is -0.384. The summed E-state index contributed by atoms with van der Waals surface area (Å²) in [5, 5.41) is 12.0. The van der Waals surface area contributed by atoms with E-state index in [1.165, 1.54) is 23.9 Å². The molecule has 0 spiro atoms. The third-order valence-corrected chi connectivity index (χ3v) is 6.45. The molecule has 0 unspecified atom stereocenters. The van der Waals surface area contributed by atoms with Crippen molar-refractivity contribution in [2.45, 2.75) is 25.0 Å². The van der Waals surface area contributed by atoms with Crippen LogP contribution in [0.15, 0.2) is 50.8 Å². The molecule has 0 radical (unpaired) electrons. The van der Waals surface area contributed by atoms with Crippen molar-refractivity contribution in [1.29, 1.82) is 0 Å². The van der Waals surface area contributed by atoms with Crippen molar-refractivity contribution in [2.75, 3.05) is 17.2 Å². The number of nitro benzene ring substituents is 1. The molecule has 0 atom stereocenters. The number of anilines is 1. The summed E-state index contributed by atoms with van der Waals surface area (Å²) in [6.07, 6.45) is 0.580. The lowest BCUT2D eigenvalue weighted by atomic mass is 10.1. The Balaban J connectivity index is 1.57. The van der Waals surface area contributed by atoms with Gasteiger partial charge in [0.1, 0.15) is 0 Å². The van der Waals surface area contributed by atoms with Gasteiger partial charge < -0.3 is 4.90 Å². The van der Waals surface area contributed by atoms with Gasteiger partial charge in [0.15, 0.2) is 5.16 Å². The number of thioether (sulfide) groups is 1. The van der Waals surface area contributed by atoms with E-state index in [-0.39, 0.29) is 22.9 Å². The van der Waals surface area contributed by atoms with Crippen LogP contribution in [0.1, 0.15) is 12.5 Å². The monoisotopic (exact) mass is 488 g/mol. The van der Waals surface area contributed by atoms with Crippen LogP contribution in [0.3, 0.4) is 0 Å². The Morgan fingerprint density at radius 3 is 2.83 bits per heavy atom. The minimum absolute atomic E-state index is 0.0244. The highest BCUT2D eigenvalue weighted by molar-refractivity contribution is 9.10. The Bertz CT molecular complexity index is 1240. The van der Waals surface area contributed by atoms with E-state index < -0.39 is 4.92 Å². The van der Waals surface area contributed by atoms with Gasteiger partial charge in [-0.25, -0.2) is 4.98 Å². The van der Waals surface area contributed by atoms with E-state index in [0.717, 1.165) is 10.0 Å². The molecule has 0 fully saturated rings. The smallest absolute Gasteiger partial charge is 0.269 e. The van der Waals surface area contributed by atoms with Gasteiger partial charge in [-0.2, -0.15) is 0 Å². The number of hydrogen-bond donors (Lipinski definition) is 0. The summed E-state index contributed by atoms with van der Waals surface area (Å²) in [6, 6.07) is 9.90. The maximum Gasteiger partial charge on any atom is 0.269 e. The van der Waals surface area contributed by atoms with Gasteiger partial charge in [0, 0.05) is 35.4 Å². The Morgan fingerprint density at radius 2 is 2.10 bits per heavy atom. The van der Waals surface area contributed by atoms with Crippen LogP contribution in [-0.2, 0) is 17.8 Å². The second-order valence-corrected chi connectivity index (χ2v) is 8.62. The fourth-order valence-electron chi connectivity index (χ4n) is 3.53. The van der Waals surface area contributed by atoms with Crippen molar-refractivity contribution in [3.8, 4) is 0 Å². The zero-order valence-corrected chi connectivity index (χ0v) is 18.4. The minimum atomic E-state index is -0.436. The van der Waals surface area contributed by atoms with Crippen molar-refractivity contribution in [1.82, 2.24) is 9.55 Å². The van der Waals surface area contributed by atoms with Gasteiger partial charge in [-0.15, -0.1) is 0 Å². The number of hydrogen-bond acceptors (Lipinski definition) is 6. The van der Waals surface area contributed by atoms with Gasteiger partial charge in [-0.3, -0.25) is 24.3 Å². The number of rotatable bonds is 5. The molecular formula is C20H17BrN4O4S. The molecule has 30 heavy (non-hydrogen) atoms. The van der Waals surface area contributed by atoms with E-state index in [1.54, 1.807) is 27.7 Å². The van der Waals surface area contributed by atoms with E-state index in [0.29, 0.717) is 41.3 Å². The topological polar surface area (TPSA) is 98.3 Å². The zero-order chi connectivity index (χ0) is 21.4. The average Bonchev–Trinajstić information content (AvgIpc) is 3.16. The number of aromatic nitrogens is 2. The normalized spacial score (nSPS) is 12.9. The predicted octanol–water partition coefficient (Wildman–Crippen LogP) is 3.77. The summed E-state index contributed by atoms with van der Waals surface area (Å²) in [7, 11) is 0. The summed E-state index contributed by atoms with van der Waals surface area (Å²) >= 11 is 4.60. The van der Waals surface area contributed by atoms with Gasteiger partial charge in [0.2, 0.25) is 5.91 Å². The summed E-state index contributed by atoms with van der Waals surface area (Å²) in [4.78, 5) is 42.4. The Labute approximate surface area is 184 Å². The molecule has 1 amide bonds. The summed E-state index contributed by atoms with van der Waals surface area (Å²) in [6.45, 7) is 2.79. The first-order valence-electron chi connectivity index (χ1n) is 9.29. The number of benzene rings is 2. The lowest BCUT2D eigenvalue weighted by Gasteiger charge is -2.17. The maximum absolute atomic E-state index is 12.8. The van der Waals surface area contributed by atoms with E-state index in [1.807, 2.05) is 13.0 Å². The van der Waals surface area contributed by atoms with Crippen LogP contribution >= 0.6 is 27.7 Å². The van der Waals surface area contributed by atoms with Crippen molar-refractivity contribution in [3.63, 3.8) is 0 Å². The second-order valence-electron chi connectivity index (χ2n) is 6.76. The lowest BCUT2D eigenvalue weighted by Crippen LogP contribution is -2.31. The standard InChI is InChI=1S/C20H17BrN4O4S/c1-2-23-19(27)15-10-13(21)3-5-16(15)22-20(23)30-11-18(26)24-8-7-12-9-14(25(28)29)4-6-17(12)24/h3-6,9-10H,2,7-8,11H2,1H3. The predicted molar refractivity (Wildman–Crippen MR) is 119 cm³/mol. The van der Waals surface area contributed by atoms with Gasteiger partial charge in [0.25, 0.3) is 11.2 Å². The molecule has 0 N–H and O–H groups in total. The number of nitrogens with zero attached hydrogens (tertiary/aromatic N) is 4. The molecule has 3 aromatic rings. The summed E-state index contributed by atoms with van der Waals surface area (Å²) < 4.78 is 2.37. The Morgan fingerprint density at radius 1 is 1.30 bits per heavy atom. The molecular weight excluding hydrogens is 472 g/mol. The summed E-state index contributed by atoms with van der Waals surface area (Å²) in [5.74, 6) is -0.00865. The SMILES string of the molecule is CCn1c(SCC(=O)N2CCc3cc([N+](=O)[O-])ccc32)nc2ccc(Br)cc2c1=O. The second kappa shape index (κ2) is 8.19. The van der Waals surface area contributed by atoms with Crippen molar-refractivity contribution in [2.24, 2.45) is 0 Å². The zero-order valence-electron chi connectivity index (χ0n) is 16.0. The highest BCUT2D eigenvalue weighted by Crippen LogP contribution is 2.32. The number of carbonyl (C=O) groups excluding carboxylic acids is 1. The third-order valence-electron chi connectivity index (χ3n) is 4.99. The number of amides is 1. The number of non-ortho nitro benzene ring substituents is 1. The molecule has 2 aromatic carbocycles. The highest BCUT2D eigenvalue weighted by Gasteiger charge is 2.26. The van der Waals surface area contributed by atoms with E-state index in [9.17, 15) is 19.7 Å². The molecule has 0 aliphatic carbocycles. The Kier molecular flexibility index (Phi) is 5.61. The molecule has 1 aliphatic heterocycles. The van der Waals surface area contributed by atoms with Gasteiger partial charge >= 0.3 is 0 Å². The molecule has 8 nitrogen and oxygen atoms in total. The van der Waals surface area contributed by atoms with Crippen LogP contribution in [0.2, 0.25) is 0 Å². The number of fused-ring (bicyclic) bond motifs is 2. The van der Waals surface area contributed by atoms with Gasteiger partial charge in [0.05, 0.1) is 21.6 Å². The first-order chi connectivity index (χ1) is 14.4. The highest BCUT2D eigenvalue weighted by atomic mass is 79.9. The summed E-state index contributed by atoms with van der Waals surface area (Å²) in [5.41, 5.74) is 1.97. The number of nitro groups is 1. The van der Waals surface area contributed by atoms with Crippen molar-refractivity contribution in [3.05, 3.63) is 66.9 Å². The van der Waals surface area contributed by atoms with Crippen LogP contribution in [0.4, 0.5) is 11.4 Å². The molecule has 2 heterocycles. The van der Waals surface area contributed by atoms with Crippen LogP contribution in [0.5, 0.6) is 0 Å². The molecule has 1 aliphatic rings.